The van der Waals surface area contributed by atoms with Gasteiger partial charge in [0.05, 0.1) is 11.8 Å². The van der Waals surface area contributed by atoms with Crippen LogP contribution in [-0.2, 0) is 4.79 Å². The first kappa shape index (κ1) is 19.9. The molecule has 24 heavy (non-hydrogen) atoms. The Labute approximate surface area is 147 Å². The van der Waals surface area contributed by atoms with Crippen molar-refractivity contribution >= 4 is 24.0 Å². The molecule has 1 atom stereocenters. The number of carbonyl (C=O) groups excluding carboxylic acids is 1. The van der Waals surface area contributed by atoms with Gasteiger partial charge in [-0.3, -0.25) is 4.79 Å². The Morgan fingerprint density at radius 1 is 1.21 bits per heavy atom. The van der Waals surface area contributed by atoms with Gasteiger partial charge in [0.25, 0.3) is 0 Å². The summed E-state index contributed by atoms with van der Waals surface area (Å²) < 4.78 is 19.4. The molecule has 0 aliphatic carbocycles. The Morgan fingerprint density at radius 3 is 2.46 bits per heavy atom. The third-order valence-corrected chi connectivity index (χ3v) is 3.22. The Kier molecular flexibility index (Phi) is 7.68. The van der Waals surface area contributed by atoms with E-state index in [0.717, 1.165) is 5.56 Å². The summed E-state index contributed by atoms with van der Waals surface area (Å²) in [5, 5.41) is 2.54. The van der Waals surface area contributed by atoms with Gasteiger partial charge in [0.1, 0.15) is 11.6 Å². The van der Waals surface area contributed by atoms with Gasteiger partial charge in [-0.05, 0) is 31.5 Å². The van der Waals surface area contributed by atoms with Crippen LogP contribution in [0.3, 0.4) is 0 Å². The van der Waals surface area contributed by atoms with E-state index in [-0.39, 0.29) is 36.5 Å². The summed E-state index contributed by atoms with van der Waals surface area (Å²) in [7, 11) is 0. The van der Waals surface area contributed by atoms with Gasteiger partial charge in [0.2, 0.25) is 5.91 Å². The van der Waals surface area contributed by atoms with Crippen molar-refractivity contribution in [3.63, 3.8) is 0 Å². The van der Waals surface area contributed by atoms with Crippen LogP contribution in [-0.4, -0.2) is 12.0 Å². The fraction of sp³-hybridized carbons (Fsp3) is 0.278. The maximum atomic E-state index is 14.0. The summed E-state index contributed by atoms with van der Waals surface area (Å²) in [6.45, 7) is 3.72. The Bertz CT molecular complexity index is 665. The summed E-state index contributed by atoms with van der Waals surface area (Å²) in [5.41, 5.74) is 6.97. The number of anilines is 1. The molecule has 0 fully saturated rings. The monoisotopic (exact) mass is 352 g/mol. The molecular formula is C18H22ClFN2O2. The van der Waals surface area contributed by atoms with E-state index in [1.54, 1.807) is 6.07 Å². The van der Waals surface area contributed by atoms with Crippen molar-refractivity contribution in [2.75, 3.05) is 5.32 Å². The van der Waals surface area contributed by atoms with Crippen molar-refractivity contribution in [1.82, 2.24) is 0 Å². The Balaban J connectivity index is 0.00000288. The third kappa shape index (κ3) is 5.83. The first-order chi connectivity index (χ1) is 11.0. The summed E-state index contributed by atoms with van der Waals surface area (Å²) in [6, 6.07) is 13.3. The fourth-order valence-corrected chi connectivity index (χ4v) is 2.16. The highest BCUT2D eigenvalue weighted by atomic mass is 35.5. The van der Waals surface area contributed by atoms with E-state index in [1.807, 2.05) is 44.2 Å². The highest BCUT2D eigenvalue weighted by Gasteiger charge is 2.14. The molecule has 0 radical (unpaired) electrons. The number of benzene rings is 2. The summed E-state index contributed by atoms with van der Waals surface area (Å²) in [6.07, 6.45) is 0.0342. The van der Waals surface area contributed by atoms with Crippen molar-refractivity contribution in [1.29, 1.82) is 0 Å². The van der Waals surface area contributed by atoms with E-state index in [0.29, 0.717) is 5.75 Å². The van der Waals surface area contributed by atoms with Crippen LogP contribution in [0.15, 0.2) is 48.5 Å². The number of nitrogens with one attached hydrogen (secondary N) is 1. The predicted octanol–water partition coefficient (Wildman–Crippen LogP) is 4.06. The van der Waals surface area contributed by atoms with Crippen LogP contribution in [0, 0.1) is 5.82 Å². The molecule has 0 spiro atoms. The molecule has 130 valence electrons. The molecule has 2 aromatic carbocycles. The molecule has 0 bridgehead atoms. The number of hydrogen-bond acceptors (Lipinski definition) is 3. The minimum atomic E-state index is -0.537. The molecule has 3 N–H and O–H groups in total. The molecule has 0 heterocycles. The maximum absolute atomic E-state index is 14.0. The fourth-order valence-electron chi connectivity index (χ4n) is 2.16. The van der Waals surface area contributed by atoms with Crippen LogP contribution >= 0.6 is 12.4 Å². The minimum absolute atomic E-state index is 0. The molecule has 2 rings (SSSR count). The molecule has 0 aliphatic rings. The lowest BCUT2D eigenvalue weighted by atomic mass is 10.0. The van der Waals surface area contributed by atoms with Crippen LogP contribution in [0.1, 0.15) is 31.9 Å². The number of rotatable bonds is 6. The lowest BCUT2D eigenvalue weighted by Crippen LogP contribution is -2.21. The quantitative estimate of drug-likeness (QED) is 0.823. The molecular weight excluding hydrogens is 331 g/mol. The minimum Gasteiger partial charge on any atom is -0.491 e. The number of halogens is 2. The van der Waals surface area contributed by atoms with Crippen LogP contribution in [0.5, 0.6) is 5.75 Å². The number of hydrogen-bond donors (Lipinski definition) is 2. The molecule has 1 unspecified atom stereocenters. The van der Waals surface area contributed by atoms with Gasteiger partial charge < -0.3 is 15.8 Å². The molecule has 1 amide bonds. The van der Waals surface area contributed by atoms with Gasteiger partial charge in [0.15, 0.2) is 0 Å². The first-order valence-corrected chi connectivity index (χ1v) is 7.52. The molecule has 0 saturated heterocycles. The molecule has 0 aliphatic heterocycles. The SMILES string of the molecule is CC(C)Oc1ccc(NC(=O)CC(N)c2ccccc2)c(F)c1.Cl. The number of carbonyl (C=O) groups is 1. The van der Waals surface area contributed by atoms with E-state index in [9.17, 15) is 9.18 Å². The summed E-state index contributed by atoms with van der Waals surface area (Å²) >= 11 is 0. The van der Waals surface area contributed by atoms with Crippen LogP contribution < -0.4 is 15.8 Å². The predicted molar refractivity (Wildman–Crippen MR) is 96.0 cm³/mol. The van der Waals surface area contributed by atoms with Crippen molar-refractivity contribution in [3.05, 3.63) is 59.9 Å². The highest BCUT2D eigenvalue weighted by Crippen LogP contribution is 2.22. The van der Waals surface area contributed by atoms with Gasteiger partial charge in [-0.1, -0.05) is 30.3 Å². The number of amides is 1. The average Bonchev–Trinajstić information content (AvgIpc) is 2.50. The van der Waals surface area contributed by atoms with Crippen LogP contribution in [0.25, 0.3) is 0 Å². The molecule has 2 aromatic rings. The van der Waals surface area contributed by atoms with Gasteiger partial charge in [-0.2, -0.15) is 0 Å². The number of nitrogens with two attached hydrogens (primary N) is 1. The lowest BCUT2D eigenvalue weighted by molar-refractivity contribution is -0.116. The van der Waals surface area contributed by atoms with Gasteiger partial charge >= 0.3 is 0 Å². The van der Waals surface area contributed by atoms with Crippen molar-refractivity contribution in [2.45, 2.75) is 32.4 Å². The van der Waals surface area contributed by atoms with Crippen molar-refractivity contribution in [3.8, 4) is 5.75 Å². The maximum Gasteiger partial charge on any atom is 0.226 e. The molecule has 6 heteroatoms. The standard InChI is InChI=1S/C18H21FN2O2.ClH/c1-12(2)23-14-8-9-17(15(19)10-14)21-18(22)11-16(20)13-6-4-3-5-7-13;/h3-10,12,16H,11,20H2,1-2H3,(H,21,22);1H. The Hall–Kier alpha value is -2.11. The smallest absolute Gasteiger partial charge is 0.226 e. The lowest BCUT2D eigenvalue weighted by Gasteiger charge is -2.14. The van der Waals surface area contributed by atoms with Crippen LogP contribution in [0.4, 0.5) is 10.1 Å². The largest absolute Gasteiger partial charge is 0.491 e. The van der Waals surface area contributed by atoms with E-state index < -0.39 is 11.9 Å². The van der Waals surface area contributed by atoms with E-state index in [1.165, 1.54) is 12.1 Å². The van der Waals surface area contributed by atoms with Crippen LogP contribution in [0.2, 0.25) is 0 Å². The number of ether oxygens (including phenoxy) is 1. The van der Waals surface area contributed by atoms with E-state index in [2.05, 4.69) is 5.32 Å². The normalized spacial score (nSPS) is 11.5. The van der Waals surface area contributed by atoms with E-state index >= 15 is 0 Å². The second-order valence-electron chi connectivity index (χ2n) is 5.58. The molecule has 0 saturated carbocycles. The summed E-state index contributed by atoms with van der Waals surface area (Å²) in [5.74, 6) is -0.445. The van der Waals surface area contributed by atoms with Gasteiger partial charge in [0, 0.05) is 18.5 Å². The zero-order valence-corrected chi connectivity index (χ0v) is 14.5. The molecule has 4 nitrogen and oxygen atoms in total. The van der Waals surface area contributed by atoms with Crippen molar-refractivity contribution in [2.24, 2.45) is 5.73 Å². The van der Waals surface area contributed by atoms with E-state index in [4.69, 9.17) is 10.5 Å². The Morgan fingerprint density at radius 2 is 1.88 bits per heavy atom. The van der Waals surface area contributed by atoms with Gasteiger partial charge in [-0.25, -0.2) is 4.39 Å². The second-order valence-corrected chi connectivity index (χ2v) is 5.58. The van der Waals surface area contributed by atoms with Gasteiger partial charge in [-0.15, -0.1) is 12.4 Å². The van der Waals surface area contributed by atoms with Crippen molar-refractivity contribution < 1.29 is 13.9 Å². The topological polar surface area (TPSA) is 64.3 Å². The summed E-state index contributed by atoms with van der Waals surface area (Å²) in [4.78, 5) is 12.0. The molecule has 0 aromatic heterocycles. The first-order valence-electron chi connectivity index (χ1n) is 7.52. The third-order valence-electron chi connectivity index (χ3n) is 3.22. The second kappa shape index (κ2) is 9.25. The highest BCUT2D eigenvalue weighted by molar-refractivity contribution is 5.91. The zero-order chi connectivity index (χ0) is 16.8. The average molecular weight is 353 g/mol. The zero-order valence-electron chi connectivity index (χ0n) is 13.7.